The monoisotopic (exact) mass is 627 g/mol. The van der Waals surface area contributed by atoms with E-state index in [1.54, 1.807) is 31.1 Å². The van der Waals surface area contributed by atoms with Gasteiger partial charge in [0.2, 0.25) is 0 Å². The topological polar surface area (TPSA) is 90.2 Å². The quantitative estimate of drug-likeness (QED) is 0.252. The van der Waals surface area contributed by atoms with Gasteiger partial charge in [0.1, 0.15) is 16.3 Å². The predicted octanol–water partition coefficient (Wildman–Crippen LogP) is 5.16. The maximum absolute atomic E-state index is 14.5. The van der Waals surface area contributed by atoms with Crippen molar-refractivity contribution in [1.82, 2.24) is 4.57 Å². The van der Waals surface area contributed by atoms with Crippen LogP contribution in [-0.4, -0.2) is 30.2 Å². The fraction of sp³-hybridized carbons (Fsp3) is 0.235. The Balaban J connectivity index is 1.62. The summed E-state index contributed by atoms with van der Waals surface area (Å²) in [5.74, 6) is -0.325. The van der Waals surface area contributed by atoms with Gasteiger partial charge >= 0.3 is 5.97 Å². The lowest BCUT2D eigenvalue weighted by Crippen LogP contribution is -2.41. The van der Waals surface area contributed by atoms with E-state index in [0.29, 0.717) is 55.7 Å². The summed E-state index contributed by atoms with van der Waals surface area (Å²) in [6.45, 7) is 4.16. The molecule has 2 aliphatic heterocycles. The van der Waals surface area contributed by atoms with E-state index in [0.717, 1.165) is 23.3 Å². The molecular weight excluding hydrogens is 598 g/mol. The first-order valence-corrected chi connectivity index (χ1v) is 15.6. The maximum Gasteiger partial charge on any atom is 0.338 e. The largest absolute Gasteiger partial charge is 0.496 e. The molecule has 0 aliphatic carbocycles. The number of carbonyl (C=O) groups excluding carboxylic acids is 2. The highest BCUT2D eigenvalue weighted by atomic mass is 35.5. The molecule has 224 valence electrons. The number of fused-ring (bicyclic) bond motifs is 2. The minimum absolute atomic E-state index is 0.168. The van der Waals surface area contributed by atoms with Crippen LogP contribution in [0.3, 0.4) is 0 Å². The second-order valence-electron chi connectivity index (χ2n) is 10.4. The molecular formula is C34H30ClN3O5S. The Bertz CT molecular complexity index is 2010. The standard InChI is InChI=1S/C34H30ClN3O5S/c1-4-12-24-28(33(41)43-5-2)29(22-15-8-11-18-26(22)42-3)38-32(40)30(44-34(38)36-24)27-21-14-7-10-17-25(21)37(31(27)39)19-20-13-6-9-16-23(20)35/h6-11,13-18,29H,4-5,12,19H2,1-3H3/b30-27+/t29-/m0/s1. The van der Waals surface area contributed by atoms with Crippen molar-refractivity contribution in [2.45, 2.75) is 39.3 Å². The van der Waals surface area contributed by atoms with E-state index >= 15 is 0 Å². The molecule has 0 unspecified atom stereocenters. The Morgan fingerprint density at radius 2 is 1.73 bits per heavy atom. The molecule has 1 aromatic heterocycles. The summed E-state index contributed by atoms with van der Waals surface area (Å²) in [5, 5.41) is 0.553. The van der Waals surface area contributed by atoms with Gasteiger partial charge in [-0.1, -0.05) is 90.9 Å². The smallest absolute Gasteiger partial charge is 0.338 e. The number of thiazole rings is 1. The molecule has 10 heteroatoms. The number of rotatable bonds is 8. The predicted molar refractivity (Wildman–Crippen MR) is 171 cm³/mol. The van der Waals surface area contributed by atoms with Crippen molar-refractivity contribution >= 4 is 46.1 Å². The average Bonchev–Trinajstić information content (AvgIpc) is 3.49. The van der Waals surface area contributed by atoms with E-state index in [4.69, 9.17) is 26.1 Å². The Hall–Kier alpha value is -4.47. The number of allylic oxidation sites excluding steroid dienone is 1. The molecule has 44 heavy (non-hydrogen) atoms. The molecule has 0 spiro atoms. The number of methoxy groups -OCH3 is 1. The van der Waals surface area contributed by atoms with Crippen molar-refractivity contribution in [3.05, 3.63) is 125 Å². The lowest BCUT2D eigenvalue weighted by Gasteiger charge is -2.26. The number of hydrogen-bond donors (Lipinski definition) is 0. The summed E-state index contributed by atoms with van der Waals surface area (Å²) in [6, 6.07) is 21.2. The van der Waals surface area contributed by atoms with Crippen LogP contribution >= 0.6 is 22.9 Å². The lowest BCUT2D eigenvalue weighted by atomic mass is 9.93. The molecule has 0 bridgehead atoms. The van der Waals surface area contributed by atoms with Crippen molar-refractivity contribution in [3.63, 3.8) is 0 Å². The van der Waals surface area contributed by atoms with Crippen LogP contribution < -0.4 is 24.5 Å². The molecule has 1 amide bonds. The van der Waals surface area contributed by atoms with E-state index in [2.05, 4.69) is 0 Å². The van der Waals surface area contributed by atoms with Crippen LogP contribution in [0.25, 0.3) is 5.57 Å². The summed E-state index contributed by atoms with van der Waals surface area (Å²) >= 11 is 7.62. The van der Waals surface area contributed by atoms with Crippen LogP contribution in [0.2, 0.25) is 5.02 Å². The highest BCUT2D eigenvalue weighted by Crippen LogP contribution is 2.39. The normalized spacial score (nSPS) is 16.9. The average molecular weight is 628 g/mol. The second-order valence-corrected chi connectivity index (χ2v) is 11.7. The minimum Gasteiger partial charge on any atom is -0.496 e. The van der Waals surface area contributed by atoms with Gasteiger partial charge in [0.05, 0.1) is 42.8 Å². The SMILES string of the molecule is CCCC1=C(C(=O)OCC)[C@H](c2ccccc2OC)n2c(s/c(=C3/C(=O)N(Cc4ccccc4Cl)c4ccccc43)c2=O)=N1. The number of carbonyl (C=O) groups is 2. The number of para-hydroxylation sites is 2. The highest BCUT2D eigenvalue weighted by molar-refractivity contribution is 7.07. The van der Waals surface area contributed by atoms with Gasteiger partial charge in [-0.15, -0.1) is 0 Å². The van der Waals surface area contributed by atoms with Crippen LogP contribution in [0.15, 0.2) is 93.9 Å². The highest BCUT2D eigenvalue weighted by Gasteiger charge is 2.38. The van der Waals surface area contributed by atoms with Gasteiger partial charge < -0.3 is 14.4 Å². The zero-order valence-electron chi connectivity index (χ0n) is 24.5. The maximum atomic E-state index is 14.5. The van der Waals surface area contributed by atoms with E-state index in [1.807, 2.05) is 67.6 Å². The molecule has 0 N–H and O–H groups in total. The summed E-state index contributed by atoms with van der Waals surface area (Å²) in [4.78, 5) is 49.2. The molecule has 2 aliphatic rings. The van der Waals surface area contributed by atoms with Crippen LogP contribution in [0, 0.1) is 0 Å². The second kappa shape index (κ2) is 12.3. The van der Waals surface area contributed by atoms with Gasteiger partial charge in [0.25, 0.3) is 11.5 Å². The molecule has 6 rings (SSSR count). The molecule has 0 fully saturated rings. The van der Waals surface area contributed by atoms with E-state index in [1.165, 1.54) is 4.57 Å². The molecule has 0 saturated carbocycles. The van der Waals surface area contributed by atoms with Crippen LogP contribution in [-0.2, 0) is 20.9 Å². The lowest BCUT2D eigenvalue weighted by molar-refractivity contribution is -0.139. The van der Waals surface area contributed by atoms with Gasteiger partial charge in [-0.2, -0.15) is 0 Å². The number of aromatic nitrogens is 1. The summed E-state index contributed by atoms with van der Waals surface area (Å²) < 4.78 is 13.0. The number of ether oxygens (including phenoxy) is 2. The van der Waals surface area contributed by atoms with Crippen molar-refractivity contribution in [2.75, 3.05) is 18.6 Å². The zero-order chi connectivity index (χ0) is 31.0. The van der Waals surface area contributed by atoms with Crippen LogP contribution in [0.5, 0.6) is 5.75 Å². The molecule has 4 aromatic rings. The Labute approximate surface area is 263 Å². The molecule has 0 radical (unpaired) electrons. The van der Waals surface area contributed by atoms with Gasteiger partial charge in [0, 0.05) is 16.1 Å². The van der Waals surface area contributed by atoms with E-state index in [-0.39, 0.29) is 23.6 Å². The van der Waals surface area contributed by atoms with Crippen molar-refractivity contribution < 1.29 is 19.1 Å². The number of benzene rings is 3. The number of nitrogens with zero attached hydrogens (tertiary/aromatic N) is 3. The number of amides is 1. The Kier molecular flexibility index (Phi) is 8.25. The first-order valence-electron chi connectivity index (χ1n) is 14.4. The third kappa shape index (κ3) is 4.96. The fourth-order valence-corrected chi connectivity index (χ4v) is 7.12. The first-order chi connectivity index (χ1) is 21.4. The van der Waals surface area contributed by atoms with Gasteiger partial charge in [-0.25, -0.2) is 9.79 Å². The minimum atomic E-state index is -0.858. The first kappa shape index (κ1) is 29.6. The summed E-state index contributed by atoms with van der Waals surface area (Å²) in [5.41, 5.74) is 3.49. The molecule has 3 heterocycles. The molecule has 0 saturated heterocycles. The zero-order valence-corrected chi connectivity index (χ0v) is 26.1. The number of hydrogen-bond acceptors (Lipinski definition) is 7. The molecule has 3 aromatic carbocycles. The van der Waals surface area contributed by atoms with Crippen LogP contribution in [0.1, 0.15) is 49.4 Å². The van der Waals surface area contributed by atoms with Crippen LogP contribution in [0.4, 0.5) is 5.69 Å². The van der Waals surface area contributed by atoms with Crippen molar-refractivity contribution in [2.24, 2.45) is 4.99 Å². The number of anilines is 1. The van der Waals surface area contributed by atoms with Crippen molar-refractivity contribution in [3.8, 4) is 5.75 Å². The Morgan fingerprint density at radius 1 is 1.00 bits per heavy atom. The molecule has 8 nitrogen and oxygen atoms in total. The molecule has 1 atom stereocenters. The third-order valence-corrected chi connectivity index (χ3v) is 9.16. The Morgan fingerprint density at radius 3 is 2.48 bits per heavy atom. The fourth-order valence-electron chi connectivity index (χ4n) is 5.81. The van der Waals surface area contributed by atoms with Crippen molar-refractivity contribution in [1.29, 1.82) is 0 Å². The third-order valence-electron chi connectivity index (χ3n) is 7.74. The van der Waals surface area contributed by atoms with Gasteiger partial charge in [-0.3, -0.25) is 14.2 Å². The number of esters is 1. The van der Waals surface area contributed by atoms with Gasteiger partial charge in [0.15, 0.2) is 4.80 Å². The summed E-state index contributed by atoms with van der Waals surface area (Å²) in [7, 11) is 1.55. The number of halogens is 1. The van der Waals surface area contributed by atoms with Gasteiger partial charge in [-0.05, 0) is 37.1 Å². The van der Waals surface area contributed by atoms with E-state index in [9.17, 15) is 14.4 Å². The summed E-state index contributed by atoms with van der Waals surface area (Å²) in [6.07, 6.45) is 1.23. The van der Waals surface area contributed by atoms with E-state index < -0.39 is 17.6 Å².